The molecule has 0 saturated heterocycles. The maximum Gasteiger partial charge on any atom is 0.232 e. The van der Waals surface area contributed by atoms with E-state index in [9.17, 15) is 13.2 Å². The molecular formula is C12H23NO3S. The van der Waals surface area contributed by atoms with Crippen LogP contribution in [0.4, 0.5) is 0 Å². The second-order valence-electron chi connectivity index (χ2n) is 4.20. The number of carbonyl (C=O) groups is 1. The lowest BCUT2D eigenvalue weighted by Crippen LogP contribution is -2.21. The Morgan fingerprint density at radius 1 is 1.12 bits per heavy atom. The van der Waals surface area contributed by atoms with Crippen LogP contribution in [-0.4, -0.2) is 20.1 Å². The zero-order valence-electron chi connectivity index (χ0n) is 10.5. The van der Waals surface area contributed by atoms with E-state index in [1.165, 1.54) is 25.7 Å². The molecule has 0 saturated carbocycles. The fourth-order valence-electron chi connectivity index (χ4n) is 1.50. The van der Waals surface area contributed by atoms with E-state index in [4.69, 9.17) is 5.73 Å². The average molecular weight is 261 g/mol. The van der Waals surface area contributed by atoms with E-state index in [1.807, 2.05) is 0 Å². The molecule has 0 bridgehead atoms. The molecule has 0 fully saturated rings. The molecule has 0 heterocycles. The third-order valence-electron chi connectivity index (χ3n) is 2.37. The number of unbranched alkanes of at least 4 members (excludes halogenated alkanes) is 6. The van der Waals surface area contributed by atoms with Crippen LogP contribution in [0.15, 0.2) is 11.5 Å². The normalized spacial score (nSPS) is 12.1. The predicted octanol–water partition coefficient (Wildman–Crippen LogP) is 2.15. The molecule has 100 valence electrons. The Balaban J connectivity index is 3.63. The Labute approximate surface area is 104 Å². The lowest BCUT2D eigenvalue weighted by molar-refractivity contribution is -0.115. The van der Waals surface area contributed by atoms with Crippen molar-refractivity contribution in [2.45, 2.75) is 51.9 Å². The number of carbonyl (C=O) groups excluding carboxylic acids is 1. The molecule has 5 heteroatoms. The minimum atomic E-state index is -3.44. The number of rotatable bonds is 10. The maximum atomic E-state index is 11.2. The summed E-state index contributed by atoms with van der Waals surface area (Å²) in [7, 11) is -3.44. The summed E-state index contributed by atoms with van der Waals surface area (Å²) in [6, 6.07) is 0. The van der Waals surface area contributed by atoms with Crippen LogP contribution in [0.25, 0.3) is 0 Å². The number of nitrogens with two attached hydrogens (primary N) is 1. The lowest BCUT2D eigenvalue weighted by atomic mass is 10.1. The van der Waals surface area contributed by atoms with Crippen molar-refractivity contribution < 1.29 is 13.2 Å². The van der Waals surface area contributed by atoms with E-state index in [0.717, 1.165) is 24.7 Å². The molecule has 2 N–H and O–H groups in total. The standard InChI is InChI=1S/C12H23NO3S/c1-2-3-4-5-6-7-8-9-10-17(15,16)11-12(13)14/h9-10H,2-8,11H2,1H3,(H2,13,14)/b10-9+. The fourth-order valence-corrected chi connectivity index (χ4v) is 2.43. The quantitative estimate of drug-likeness (QED) is 0.612. The number of amides is 1. The Morgan fingerprint density at radius 2 is 1.71 bits per heavy atom. The molecule has 0 aromatic heterocycles. The smallest absolute Gasteiger partial charge is 0.232 e. The number of primary amides is 1. The highest BCUT2D eigenvalue weighted by molar-refractivity contribution is 7.94. The number of hydrogen-bond acceptors (Lipinski definition) is 3. The van der Waals surface area contributed by atoms with Crippen molar-refractivity contribution in [3.63, 3.8) is 0 Å². The van der Waals surface area contributed by atoms with Gasteiger partial charge >= 0.3 is 0 Å². The van der Waals surface area contributed by atoms with Gasteiger partial charge in [0, 0.05) is 5.41 Å². The van der Waals surface area contributed by atoms with Gasteiger partial charge in [0.2, 0.25) is 5.91 Å². The van der Waals surface area contributed by atoms with Crippen molar-refractivity contribution >= 4 is 15.7 Å². The summed E-state index contributed by atoms with van der Waals surface area (Å²) in [5, 5.41) is 1.10. The van der Waals surface area contributed by atoms with Gasteiger partial charge < -0.3 is 5.73 Å². The van der Waals surface area contributed by atoms with Crippen molar-refractivity contribution in [2.24, 2.45) is 5.73 Å². The Kier molecular flexibility index (Phi) is 8.76. The van der Waals surface area contributed by atoms with Gasteiger partial charge in [-0.1, -0.05) is 45.1 Å². The molecule has 1 amide bonds. The van der Waals surface area contributed by atoms with Gasteiger partial charge in [-0.05, 0) is 12.8 Å². The lowest BCUT2D eigenvalue weighted by Gasteiger charge is -1.98. The summed E-state index contributed by atoms with van der Waals surface area (Å²) in [6.07, 6.45) is 9.42. The first-order valence-corrected chi connectivity index (χ1v) is 7.87. The fraction of sp³-hybridized carbons (Fsp3) is 0.750. The molecule has 0 aromatic rings. The van der Waals surface area contributed by atoms with Gasteiger partial charge in [0.15, 0.2) is 9.84 Å². The van der Waals surface area contributed by atoms with Crippen molar-refractivity contribution in [1.82, 2.24) is 0 Å². The SMILES string of the molecule is CCCCCCCC/C=C/S(=O)(=O)CC(N)=O. The number of allylic oxidation sites excluding steroid dienone is 1. The molecular weight excluding hydrogens is 238 g/mol. The second-order valence-corrected chi connectivity index (χ2v) is 6.09. The first-order valence-electron chi connectivity index (χ1n) is 6.15. The molecule has 0 aliphatic heterocycles. The second kappa shape index (κ2) is 9.22. The summed E-state index contributed by atoms with van der Waals surface area (Å²) in [5.74, 6) is -1.41. The van der Waals surface area contributed by atoms with E-state index >= 15 is 0 Å². The van der Waals surface area contributed by atoms with Crippen molar-refractivity contribution in [3.8, 4) is 0 Å². The predicted molar refractivity (Wildman–Crippen MR) is 70.1 cm³/mol. The Hall–Kier alpha value is -0.840. The Morgan fingerprint density at radius 3 is 2.29 bits per heavy atom. The molecule has 0 unspecified atom stereocenters. The van der Waals surface area contributed by atoms with Crippen molar-refractivity contribution in [3.05, 3.63) is 11.5 Å². The molecule has 0 spiro atoms. The van der Waals surface area contributed by atoms with Crippen LogP contribution < -0.4 is 5.73 Å². The molecule has 0 atom stereocenters. The van der Waals surface area contributed by atoms with Crippen LogP contribution in [0.1, 0.15) is 51.9 Å². The van der Waals surface area contributed by atoms with Crippen LogP contribution in [0.5, 0.6) is 0 Å². The third-order valence-corrected chi connectivity index (χ3v) is 3.67. The van der Waals surface area contributed by atoms with Crippen molar-refractivity contribution in [1.29, 1.82) is 0 Å². The van der Waals surface area contributed by atoms with Gasteiger partial charge in [0.1, 0.15) is 5.75 Å². The molecule has 0 aliphatic carbocycles. The summed E-state index contributed by atoms with van der Waals surface area (Å²) >= 11 is 0. The summed E-state index contributed by atoms with van der Waals surface area (Å²) in [5.41, 5.74) is 4.83. The van der Waals surface area contributed by atoms with E-state index < -0.39 is 21.5 Å². The summed E-state index contributed by atoms with van der Waals surface area (Å²) in [4.78, 5) is 10.5. The average Bonchev–Trinajstić information content (AvgIpc) is 2.20. The molecule has 0 aromatic carbocycles. The highest BCUT2D eigenvalue weighted by Crippen LogP contribution is 2.07. The topological polar surface area (TPSA) is 77.2 Å². The van der Waals surface area contributed by atoms with Gasteiger partial charge in [-0.3, -0.25) is 4.79 Å². The first kappa shape index (κ1) is 16.2. The maximum absolute atomic E-state index is 11.2. The summed E-state index contributed by atoms with van der Waals surface area (Å²) in [6.45, 7) is 2.17. The van der Waals surface area contributed by atoms with Crippen LogP contribution in [0, 0.1) is 0 Å². The highest BCUT2D eigenvalue weighted by Gasteiger charge is 2.09. The van der Waals surface area contributed by atoms with Crippen molar-refractivity contribution in [2.75, 3.05) is 5.75 Å². The van der Waals surface area contributed by atoms with Crippen LogP contribution in [-0.2, 0) is 14.6 Å². The molecule has 4 nitrogen and oxygen atoms in total. The highest BCUT2D eigenvalue weighted by atomic mass is 32.2. The van der Waals surface area contributed by atoms with E-state index in [1.54, 1.807) is 6.08 Å². The van der Waals surface area contributed by atoms with E-state index in [0.29, 0.717) is 0 Å². The minimum absolute atomic E-state index is 0.597. The third kappa shape index (κ3) is 11.4. The van der Waals surface area contributed by atoms with Crippen LogP contribution in [0.2, 0.25) is 0 Å². The van der Waals surface area contributed by atoms with Gasteiger partial charge in [-0.25, -0.2) is 8.42 Å². The van der Waals surface area contributed by atoms with Gasteiger partial charge in [-0.15, -0.1) is 0 Å². The largest absolute Gasteiger partial charge is 0.369 e. The number of hydrogen-bond donors (Lipinski definition) is 1. The van der Waals surface area contributed by atoms with E-state index in [2.05, 4.69) is 6.92 Å². The van der Waals surface area contributed by atoms with E-state index in [-0.39, 0.29) is 0 Å². The molecule has 0 rings (SSSR count). The van der Waals surface area contributed by atoms with Gasteiger partial charge in [0.05, 0.1) is 0 Å². The zero-order valence-corrected chi connectivity index (χ0v) is 11.3. The van der Waals surface area contributed by atoms with Gasteiger partial charge in [0.25, 0.3) is 0 Å². The first-order chi connectivity index (χ1) is 7.98. The summed E-state index contributed by atoms with van der Waals surface area (Å²) < 4.78 is 22.5. The zero-order chi connectivity index (χ0) is 13.1. The molecule has 0 aliphatic rings. The Bertz CT molecular complexity index is 334. The minimum Gasteiger partial charge on any atom is -0.369 e. The van der Waals surface area contributed by atoms with Crippen LogP contribution in [0.3, 0.4) is 0 Å². The monoisotopic (exact) mass is 261 g/mol. The van der Waals surface area contributed by atoms with Gasteiger partial charge in [-0.2, -0.15) is 0 Å². The molecule has 17 heavy (non-hydrogen) atoms. The number of sulfone groups is 1. The molecule has 0 radical (unpaired) electrons. The van der Waals surface area contributed by atoms with Crippen LogP contribution >= 0.6 is 0 Å².